The molecule has 0 spiro atoms. The van der Waals surface area contributed by atoms with Crippen LogP contribution in [0.2, 0.25) is 0 Å². The molecule has 0 saturated carbocycles. The van der Waals surface area contributed by atoms with Gasteiger partial charge in [-0.2, -0.15) is 4.31 Å². The molecule has 0 amide bonds. The van der Waals surface area contributed by atoms with Gasteiger partial charge in [0.15, 0.2) is 12.0 Å². The van der Waals surface area contributed by atoms with E-state index in [-0.39, 0.29) is 16.8 Å². The molecule has 0 fully saturated rings. The Morgan fingerprint density at radius 1 is 1.25 bits per heavy atom. The Balaban J connectivity index is 2.99. The van der Waals surface area contributed by atoms with Gasteiger partial charge in [-0.15, -0.1) is 0 Å². The zero-order valence-corrected chi connectivity index (χ0v) is 13.2. The van der Waals surface area contributed by atoms with Crippen molar-refractivity contribution in [3.05, 3.63) is 17.9 Å². The van der Waals surface area contributed by atoms with Crippen LogP contribution in [0, 0.1) is 5.92 Å². The zero-order chi connectivity index (χ0) is 15.3. The van der Waals surface area contributed by atoms with Crippen molar-refractivity contribution in [3.8, 4) is 0 Å². The van der Waals surface area contributed by atoms with E-state index in [9.17, 15) is 13.2 Å². The number of rotatable bonds is 8. The van der Waals surface area contributed by atoms with E-state index in [1.54, 1.807) is 0 Å². The van der Waals surface area contributed by atoms with Gasteiger partial charge in [0.1, 0.15) is 0 Å². The first-order valence-corrected chi connectivity index (χ1v) is 7.91. The SMILES string of the molecule is CC(C)CN(CCN(C)C)S(=O)(=O)c1ccc(C=O)o1. The van der Waals surface area contributed by atoms with E-state index in [4.69, 9.17) is 4.42 Å². The van der Waals surface area contributed by atoms with E-state index in [2.05, 4.69) is 0 Å². The molecular weight excluding hydrogens is 280 g/mol. The van der Waals surface area contributed by atoms with Gasteiger partial charge in [-0.1, -0.05) is 13.8 Å². The summed E-state index contributed by atoms with van der Waals surface area (Å²) in [5, 5.41) is -0.181. The summed E-state index contributed by atoms with van der Waals surface area (Å²) in [5.41, 5.74) is 0. The molecule has 1 aromatic heterocycles. The first-order valence-electron chi connectivity index (χ1n) is 6.47. The number of likely N-dealkylation sites (N-methyl/N-ethyl adjacent to an activating group) is 1. The fourth-order valence-electron chi connectivity index (χ4n) is 1.69. The number of hydrogen-bond donors (Lipinski definition) is 0. The minimum absolute atomic E-state index is 0.0145. The van der Waals surface area contributed by atoms with Gasteiger partial charge in [-0.25, -0.2) is 8.42 Å². The van der Waals surface area contributed by atoms with E-state index >= 15 is 0 Å². The third kappa shape index (κ3) is 4.43. The molecule has 0 unspecified atom stereocenters. The molecule has 0 radical (unpaired) electrons. The van der Waals surface area contributed by atoms with Crippen molar-refractivity contribution in [2.24, 2.45) is 5.92 Å². The largest absolute Gasteiger partial charge is 0.440 e. The second-order valence-corrected chi connectivity index (χ2v) is 7.20. The maximum absolute atomic E-state index is 12.5. The Labute approximate surface area is 120 Å². The smallest absolute Gasteiger partial charge is 0.276 e. The third-order valence-electron chi connectivity index (χ3n) is 2.68. The topological polar surface area (TPSA) is 70.8 Å². The van der Waals surface area contributed by atoms with Crippen molar-refractivity contribution in [2.45, 2.75) is 18.9 Å². The summed E-state index contributed by atoms with van der Waals surface area (Å²) in [7, 11) is 0.0730. The molecule has 0 saturated heterocycles. The maximum atomic E-state index is 12.5. The highest BCUT2D eigenvalue weighted by molar-refractivity contribution is 7.89. The van der Waals surface area contributed by atoms with E-state index in [0.29, 0.717) is 25.9 Å². The van der Waals surface area contributed by atoms with Crippen molar-refractivity contribution < 1.29 is 17.6 Å². The second kappa shape index (κ2) is 7.01. The minimum atomic E-state index is -3.70. The van der Waals surface area contributed by atoms with Crippen LogP contribution in [0.1, 0.15) is 24.4 Å². The predicted molar refractivity (Wildman–Crippen MR) is 76.2 cm³/mol. The molecule has 0 atom stereocenters. The predicted octanol–water partition coefficient (Wildman–Crippen LogP) is 1.30. The molecule has 0 aliphatic heterocycles. The van der Waals surface area contributed by atoms with Gasteiger partial charge >= 0.3 is 0 Å². The van der Waals surface area contributed by atoms with Crippen LogP contribution in [0.4, 0.5) is 0 Å². The molecule has 20 heavy (non-hydrogen) atoms. The molecule has 1 heterocycles. The molecule has 7 heteroatoms. The first-order chi connectivity index (χ1) is 9.27. The summed E-state index contributed by atoms with van der Waals surface area (Å²) in [5.74, 6) is 0.216. The van der Waals surface area contributed by atoms with Crippen molar-refractivity contribution in [2.75, 3.05) is 33.7 Å². The number of carbonyl (C=O) groups is 1. The van der Waals surface area contributed by atoms with Gasteiger partial charge in [0.25, 0.3) is 10.0 Å². The van der Waals surface area contributed by atoms with Crippen molar-refractivity contribution in [3.63, 3.8) is 0 Å². The van der Waals surface area contributed by atoms with Gasteiger partial charge in [-0.3, -0.25) is 4.79 Å². The normalized spacial score (nSPS) is 12.6. The van der Waals surface area contributed by atoms with Gasteiger partial charge in [0.05, 0.1) is 0 Å². The van der Waals surface area contributed by atoms with Crippen molar-refractivity contribution >= 4 is 16.3 Å². The number of furan rings is 1. The number of nitrogens with zero attached hydrogens (tertiary/aromatic N) is 2. The van der Waals surface area contributed by atoms with Gasteiger partial charge < -0.3 is 9.32 Å². The summed E-state index contributed by atoms with van der Waals surface area (Å²) in [6, 6.07) is 2.68. The van der Waals surface area contributed by atoms with Gasteiger partial charge in [-0.05, 0) is 32.1 Å². The van der Waals surface area contributed by atoms with Crippen molar-refractivity contribution in [1.82, 2.24) is 9.21 Å². The highest BCUT2D eigenvalue weighted by Gasteiger charge is 2.28. The molecule has 0 aliphatic carbocycles. The summed E-state index contributed by atoms with van der Waals surface area (Å²) >= 11 is 0. The monoisotopic (exact) mass is 302 g/mol. The van der Waals surface area contributed by atoms with Crippen LogP contribution in [-0.2, 0) is 10.0 Å². The molecule has 0 bridgehead atoms. The lowest BCUT2D eigenvalue weighted by Gasteiger charge is -2.24. The number of hydrogen-bond acceptors (Lipinski definition) is 5. The van der Waals surface area contributed by atoms with Gasteiger partial charge in [0, 0.05) is 19.6 Å². The Bertz CT molecular complexity index is 534. The second-order valence-electron chi connectivity index (χ2n) is 5.33. The van der Waals surface area contributed by atoms with Crippen LogP contribution in [0.5, 0.6) is 0 Å². The standard InChI is InChI=1S/C13H22N2O4S/c1-11(2)9-15(8-7-14(3)4)20(17,18)13-6-5-12(10-16)19-13/h5-6,10-11H,7-9H2,1-4H3. The number of carbonyl (C=O) groups excluding carboxylic acids is 1. The molecule has 114 valence electrons. The van der Waals surface area contributed by atoms with E-state index in [0.717, 1.165) is 0 Å². The molecule has 0 aliphatic rings. The average Bonchev–Trinajstić information content (AvgIpc) is 2.83. The Morgan fingerprint density at radius 2 is 1.90 bits per heavy atom. The van der Waals surface area contributed by atoms with Crippen LogP contribution >= 0.6 is 0 Å². The molecule has 1 aromatic rings. The summed E-state index contributed by atoms with van der Waals surface area (Å²) in [6.07, 6.45) is 0.492. The van der Waals surface area contributed by atoms with Crippen LogP contribution < -0.4 is 0 Å². The van der Waals surface area contributed by atoms with E-state index in [1.165, 1.54) is 16.4 Å². The van der Waals surface area contributed by atoms with Crippen molar-refractivity contribution in [1.29, 1.82) is 0 Å². The highest BCUT2D eigenvalue weighted by Crippen LogP contribution is 2.19. The van der Waals surface area contributed by atoms with E-state index in [1.807, 2.05) is 32.8 Å². The lowest BCUT2D eigenvalue weighted by Crippen LogP contribution is -2.38. The summed E-state index contributed by atoms with van der Waals surface area (Å²) < 4.78 is 31.5. The number of sulfonamides is 1. The third-order valence-corrected chi connectivity index (χ3v) is 4.42. The number of aldehydes is 1. The molecular formula is C13H22N2O4S. The molecule has 6 nitrogen and oxygen atoms in total. The summed E-state index contributed by atoms with van der Waals surface area (Å²) in [4.78, 5) is 12.5. The van der Waals surface area contributed by atoms with Crippen LogP contribution in [0.25, 0.3) is 0 Å². The molecule has 1 rings (SSSR count). The van der Waals surface area contributed by atoms with Crippen LogP contribution in [0.3, 0.4) is 0 Å². The maximum Gasteiger partial charge on any atom is 0.276 e. The lowest BCUT2D eigenvalue weighted by atomic mass is 10.2. The van der Waals surface area contributed by atoms with Crippen LogP contribution in [0.15, 0.2) is 21.6 Å². The summed E-state index contributed by atoms with van der Waals surface area (Å²) in [6.45, 7) is 5.32. The first kappa shape index (κ1) is 16.9. The Hall–Kier alpha value is -1.18. The quantitative estimate of drug-likeness (QED) is 0.677. The Morgan fingerprint density at radius 3 is 2.35 bits per heavy atom. The fraction of sp³-hybridized carbons (Fsp3) is 0.615. The average molecular weight is 302 g/mol. The minimum Gasteiger partial charge on any atom is -0.440 e. The molecule has 0 aromatic carbocycles. The lowest BCUT2D eigenvalue weighted by molar-refractivity contribution is 0.109. The van der Waals surface area contributed by atoms with E-state index < -0.39 is 10.0 Å². The molecule has 0 N–H and O–H groups in total. The Kier molecular flexibility index (Phi) is 5.91. The van der Waals surface area contributed by atoms with Gasteiger partial charge in [0.2, 0.25) is 5.09 Å². The van der Waals surface area contributed by atoms with Crippen LogP contribution in [-0.4, -0.2) is 57.6 Å². The highest BCUT2D eigenvalue weighted by atomic mass is 32.2. The zero-order valence-electron chi connectivity index (χ0n) is 12.4. The fourth-order valence-corrected chi connectivity index (χ4v) is 3.20.